The lowest BCUT2D eigenvalue weighted by atomic mass is 10.2. The Morgan fingerprint density at radius 3 is 2.60 bits per heavy atom. The average molecular weight is 369 g/mol. The van der Waals surface area contributed by atoms with Crippen LogP contribution in [0.4, 0.5) is 10.1 Å². The van der Waals surface area contributed by atoms with Crippen molar-refractivity contribution in [2.75, 3.05) is 36.7 Å². The zero-order valence-corrected chi connectivity index (χ0v) is 15.4. The molecule has 8 heteroatoms. The first-order chi connectivity index (χ1) is 11.8. The monoisotopic (exact) mass is 369 g/mol. The Labute approximate surface area is 148 Å². The summed E-state index contributed by atoms with van der Waals surface area (Å²) in [5.74, 6) is -0.789. The van der Waals surface area contributed by atoms with Crippen LogP contribution in [0, 0.1) is 5.82 Å². The minimum absolute atomic E-state index is 0.0377. The number of benzene rings is 1. The van der Waals surface area contributed by atoms with Crippen molar-refractivity contribution in [3.05, 3.63) is 30.1 Å². The molecule has 138 valence electrons. The maximum absolute atomic E-state index is 13.5. The van der Waals surface area contributed by atoms with Crippen molar-refractivity contribution < 1.29 is 17.6 Å². The second-order valence-corrected chi connectivity index (χ2v) is 8.82. The van der Waals surface area contributed by atoms with Gasteiger partial charge in [0.1, 0.15) is 12.4 Å². The fourth-order valence-corrected chi connectivity index (χ4v) is 4.21. The summed E-state index contributed by atoms with van der Waals surface area (Å²) in [6.45, 7) is 3.90. The summed E-state index contributed by atoms with van der Waals surface area (Å²) < 4.78 is 38.7. The fraction of sp³-hybridized carbons (Fsp3) is 0.588. The zero-order valence-electron chi connectivity index (χ0n) is 14.6. The minimum Gasteiger partial charge on any atom is -0.336 e. The Morgan fingerprint density at radius 1 is 1.32 bits per heavy atom. The third kappa shape index (κ3) is 4.30. The molecular weight excluding hydrogens is 345 g/mol. The van der Waals surface area contributed by atoms with Crippen molar-refractivity contribution in [3.8, 4) is 0 Å². The lowest BCUT2D eigenvalue weighted by Gasteiger charge is -2.40. The van der Waals surface area contributed by atoms with Crippen LogP contribution in [0.1, 0.15) is 19.8 Å². The molecule has 0 spiro atoms. The highest BCUT2D eigenvalue weighted by Gasteiger charge is 2.36. The molecule has 25 heavy (non-hydrogen) atoms. The second-order valence-electron chi connectivity index (χ2n) is 6.91. The van der Waals surface area contributed by atoms with E-state index >= 15 is 0 Å². The van der Waals surface area contributed by atoms with E-state index in [0.29, 0.717) is 12.6 Å². The first-order valence-corrected chi connectivity index (χ1v) is 10.4. The number of halogens is 1. The van der Waals surface area contributed by atoms with Gasteiger partial charge in [0.05, 0.1) is 11.9 Å². The molecule has 1 unspecified atom stereocenters. The van der Waals surface area contributed by atoms with E-state index in [1.165, 1.54) is 31.0 Å². The second kappa shape index (κ2) is 6.92. The van der Waals surface area contributed by atoms with Crippen LogP contribution in [-0.2, 0) is 14.8 Å². The van der Waals surface area contributed by atoms with Crippen LogP contribution in [0.5, 0.6) is 0 Å². The summed E-state index contributed by atoms with van der Waals surface area (Å²) in [7, 11) is -3.69. The van der Waals surface area contributed by atoms with Crippen LogP contribution in [0.25, 0.3) is 0 Å². The van der Waals surface area contributed by atoms with Crippen molar-refractivity contribution in [1.82, 2.24) is 9.80 Å². The maximum atomic E-state index is 13.5. The van der Waals surface area contributed by atoms with Crippen molar-refractivity contribution in [2.45, 2.75) is 31.8 Å². The van der Waals surface area contributed by atoms with Gasteiger partial charge in [-0.15, -0.1) is 0 Å². The summed E-state index contributed by atoms with van der Waals surface area (Å²) in [5.41, 5.74) is 0.167. The molecule has 1 amide bonds. The van der Waals surface area contributed by atoms with Gasteiger partial charge in [0.15, 0.2) is 0 Å². The topological polar surface area (TPSA) is 60.9 Å². The first kappa shape index (κ1) is 18.1. The molecule has 0 N–H and O–H groups in total. The Hall–Kier alpha value is -1.67. The van der Waals surface area contributed by atoms with E-state index in [4.69, 9.17) is 0 Å². The predicted molar refractivity (Wildman–Crippen MR) is 94.4 cm³/mol. The number of piperazine rings is 1. The van der Waals surface area contributed by atoms with Gasteiger partial charge in [0.2, 0.25) is 15.9 Å². The molecule has 1 aliphatic carbocycles. The lowest BCUT2D eigenvalue weighted by molar-refractivity contribution is -0.134. The smallest absolute Gasteiger partial charge is 0.243 e. The third-order valence-corrected chi connectivity index (χ3v) is 5.96. The predicted octanol–water partition coefficient (Wildman–Crippen LogP) is 1.29. The molecule has 1 saturated carbocycles. The summed E-state index contributed by atoms with van der Waals surface area (Å²) in [6.07, 6.45) is 3.48. The molecule has 1 aromatic rings. The highest BCUT2D eigenvalue weighted by Crippen LogP contribution is 2.29. The van der Waals surface area contributed by atoms with E-state index in [0.717, 1.165) is 29.7 Å². The first-order valence-electron chi connectivity index (χ1n) is 8.52. The molecule has 1 atom stereocenters. The highest BCUT2D eigenvalue weighted by atomic mass is 32.2. The average Bonchev–Trinajstić information content (AvgIpc) is 3.36. The number of carbonyl (C=O) groups excluding carboxylic acids is 1. The maximum Gasteiger partial charge on any atom is 0.243 e. The van der Waals surface area contributed by atoms with E-state index in [-0.39, 0.29) is 24.2 Å². The van der Waals surface area contributed by atoms with Gasteiger partial charge < -0.3 is 4.90 Å². The number of hydrogen-bond acceptors (Lipinski definition) is 4. The highest BCUT2D eigenvalue weighted by molar-refractivity contribution is 7.92. The molecule has 0 aromatic heterocycles. The Kier molecular flexibility index (Phi) is 5.02. The Balaban J connectivity index is 1.72. The number of amides is 1. The summed E-state index contributed by atoms with van der Waals surface area (Å²) in [4.78, 5) is 16.9. The largest absolute Gasteiger partial charge is 0.336 e. The van der Waals surface area contributed by atoms with E-state index in [1.54, 1.807) is 4.90 Å². The van der Waals surface area contributed by atoms with Gasteiger partial charge in [0, 0.05) is 31.7 Å². The SMILES string of the molecule is CC1CN(C2CC2)CCN1C(=O)CN(c1cccc(F)c1)S(C)(=O)=O. The Morgan fingerprint density at radius 2 is 2.04 bits per heavy atom. The molecule has 6 nitrogen and oxygen atoms in total. The van der Waals surface area contributed by atoms with Gasteiger partial charge in [-0.2, -0.15) is 0 Å². The van der Waals surface area contributed by atoms with Crippen LogP contribution in [0.15, 0.2) is 24.3 Å². The normalized spacial score (nSPS) is 22.0. The number of carbonyl (C=O) groups is 1. The van der Waals surface area contributed by atoms with E-state index in [2.05, 4.69) is 4.90 Å². The standard InChI is InChI=1S/C17H24FN3O3S/c1-13-11-19(15-6-7-15)8-9-20(13)17(22)12-21(25(2,23)24)16-5-3-4-14(18)10-16/h3-5,10,13,15H,6-9,11-12H2,1-2H3. The third-order valence-electron chi connectivity index (χ3n) is 4.82. The van der Waals surface area contributed by atoms with E-state index in [9.17, 15) is 17.6 Å². The molecule has 1 saturated heterocycles. The number of nitrogens with zero attached hydrogens (tertiary/aromatic N) is 3. The number of anilines is 1. The molecular formula is C17H24FN3O3S. The minimum atomic E-state index is -3.69. The van der Waals surface area contributed by atoms with Gasteiger partial charge in [-0.25, -0.2) is 12.8 Å². The van der Waals surface area contributed by atoms with Gasteiger partial charge in [-0.3, -0.25) is 14.0 Å². The van der Waals surface area contributed by atoms with Crippen LogP contribution >= 0.6 is 0 Å². The van der Waals surface area contributed by atoms with E-state index in [1.807, 2.05) is 6.92 Å². The molecule has 0 bridgehead atoms. The van der Waals surface area contributed by atoms with Crippen molar-refractivity contribution >= 4 is 21.6 Å². The molecule has 3 rings (SSSR count). The van der Waals surface area contributed by atoms with E-state index < -0.39 is 15.8 Å². The Bertz CT molecular complexity index is 751. The number of rotatable bonds is 5. The quantitative estimate of drug-likeness (QED) is 0.785. The van der Waals surface area contributed by atoms with Crippen molar-refractivity contribution in [3.63, 3.8) is 0 Å². The van der Waals surface area contributed by atoms with Gasteiger partial charge in [0.25, 0.3) is 0 Å². The van der Waals surface area contributed by atoms with Gasteiger partial charge in [-0.1, -0.05) is 6.07 Å². The molecule has 2 aliphatic rings. The molecule has 0 radical (unpaired) electrons. The number of sulfonamides is 1. The van der Waals surface area contributed by atoms with Crippen LogP contribution in [-0.4, -0.2) is 68.6 Å². The van der Waals surface area contributed by atoms with Crippen LogP contribution in [0.2, 0.25) is 0 Å². The zero-order chi connectivity index (χ0) is 18.2. The van der Waals surface area contributed by atoms with Crippen molar-refractivity contribution in [2.24, 2.45) is 0 Å². The summed E-state index contributed by atoms with van der Waals surface area (Å²) >= 11 is 0. The van der Waals surface area contributed by atoms with Gasteiger partial charge >= 0.3 is 0 Å². The van der Waals surface area contributed by atoms with Crippen LogP contribution < -0.4 is 4.31 Å². The molecule has 1 heterocycles. The summed E-state index contributed by atoms with van der Waals surface area (Å²) in [5, 5.41) is 0. The van der Waals surface area contributed by atoms with Crippen molar-refractivity contribution in [1.29, 1.82) is 0 Å². The lowest BCUT2D eigenvalue weighted by Crippen LogP contribution is -2.56. The number of hydrogen-bond donors (Lipinski definition) is 0. The molecule has 2 fully saturated rings. The van der Waals surface area contributed by atoms with Crippen LogP contribution in [0.3, 0.4) is 0 Å². The van der Waals surface area contributed by atoms with Gasteiger partial charge in [-0.05, 0) is 38.0 Å². The summed E-state index contributed by atoms with van der Waals surface area (Å²) in [6, 6.07) is 5.99. The molecule has 1 aliphatic heterocycles. The molecule has 1 aromatic carbocycles. The fourth-order valence-electron chi connectivity index (χ4n) is 3.37.